The summed E-state index contributed by atoms with van der Waals surface area (Å²) in [5, 5.41) is 9.91. The highest BCUT2D eigenvalue weighted by atomic mass is 19.4. The molecule has 2 aromatic rings. The van der Waals surface area contributed by atoms with E-state index in [9.17, 15) is 18.3 Å². The van der Waals surface area contributed by atoms with Crippen molar-refractivity contribution in [2.75, 3.05) is 31.1 Å². The van der Waals surface area contributed by atoms with Crippen molar-refractivity contribution in [3.8, 4) is 5.75 Å². The lowest BCUT2D eigenvalue weighted by Gasteiger charge is -2.36. The van der Waals surface area contributed by atoms with Gasteiger partial charge in [0.25, 0.3) is 0 Å². The number of para-hydroxylation sites is 2. The third-order valence-electron chi connectivity index (χ3n) is 4.26. The van der Waals surface area contributed by atoms with Crippen molar-refractivity contribution in [1.82, 2.24) is 4.90 Å². The molecule has 6 heteroatoms. The fraction of sp³-hybridized carbons (Fsp3) is 0.333. The Morgan fingerprint density at radius 1 is 0.917 bits per heavy atom. The number of phenols is 1. The van der Waals surface area contributed by atoms with Crippen LogP contribution in [0.25, 0.3) is 0 Å². The zero-order valence-electron chi connectivity index (χ0n) is 13.1. The van der Waals surface area contributed by atoms with Gasteiger partial charge in [0.15, 0.2) is 0 Å². The molecule has 0 bridgehead atoms. The summed E-state index contributed by atoms with van der Waals surface area (Å²) < 4.78 is 38.3. The van der Waals surface area contributed by atoms with E-state index in [0.29, 0.717) is 12.1 Å². The number of benzene rings is 2. The van der Waals surface area contributed by atoms with Gasteiger partial charge in [-0.25, -0.2) is 0 Å². The fourth-order valence-corrected chi connectivity index (χ4v) is 2.98. The number of alkyl halides is 3. The second-order valence-electron chi connectivity index (χ2n) is 5.95. The van der Waals surface area contributed by atoms with Crippen LogP contribution in [0, 0.1) is 0 Å². The first-order valence-corrected chi connectivity index (χ1v) is 7.85. The number of rotatable bonds is 3. The summed E-state index contributed by atoms with van der Waals surface area (Å²) in [6.45, 7) is 3.45. The summed E-state index contributed by atoms with van der Waals surface area (Å²) in [4.78, 5) is 4.23. The van der Waals surface area contributed by atoms with Crippen LogP contribution in [0.5, 0.6) is 5.75 Å². The molecule has 1 heterocycles. The smallest absolute Gasteiger partial charge is 0.416 e. The predicted molar refractivity (Wildman–Crippen MR) is 87.0 cm³/mol. The van der Waals surface area contributed by atoms with Gasteiger partial charge >= 0.3 is 6.18 Å². The Kier molecular flexibility index (Phi) is 4.66. The zero-order chi connectivity index (χ0) is 17.2. The highest BCUT2D eigenvalue weighted by Gasteiger charge is 2.30. The number of phenolic OH excluding ortho intramolecular Hbond substituents is 1. The maximum atomic E-state index is 12.8. The molecular weight excluding hydrogens is 317 g/mol. The Balaban J connectivity index is 1.61. The molecular formula is C18H19F3N2O. The quantitative estimate of drug-likeness (QED) is 0.925. The van der Waals surface area contributed by atoms with Gasteiger partial charge in [0, 0.05) is 32.7 Å². The van der Waals surface area contributed by atoms with Crippen LogP contribution in [0.1, 0.15) is 11.1 Å². The summed E-state index contributed by atoms with van der Waals surface area (Å²) in [6, 6.07) is 12.7. The number of halogens is 3. The van der Waals surface area contributed by atoms with Crippen LogP contribution in [0.4, 0.5) is 18.9 Å². The van der Waals surface area contributed by atoms with E-state index in [2.05, 4.69) is 9.80 Å². The maximum absolute atomic E-state index is 12.8. The molecule has 1 saturated heterocycles. The largest absolute Gasteiger partial charge is 0.506 e. The molecule has 0 spiro atoms. The molecule has 0 amide bonds. The number of hydrogen-bond acceptors (Lipinski definition) is 3. The van der Waals surface area contributed by atoms with Crippen LogP contribution in [-0.2, 0) is 12.7 Å². The number of hydrogen-bond donors (Lipinski definition) is 1. The predicted octanol–water partition coefficient (Wildman–Crippen LogP) is 3.73. The summed E-state index contributed by atoms with van der Waals surface area (Å²) in [6.07, 6.45) is -4.31. The Morgan fingerprint density at radius 3 is 2.29 bits per heavy atom. The van der Waals surface area contributed by atoms with Gasteiger partial charge in [-0.15, -0.1) is 0 Å². The summed E-state index contributed by atoms with van der Waals surface area (Å²) >= 11 is 0. The summed E-state index contributed by atoms with van der Waals surface area (Å²) in [5.74, 6) is 0.254. The third-order valence-corrected chi connectivity index (χ3v) is 4.26. The van der Waals surface area contributed by atoms with Crippen molar-refractivity contribution in [1.29, 1.82) is 0 Å². The van der Waals surface area contributed by atoms with Crippen LogP contribution in [0.2, 0.25) is 0 Å². The van der Waals surface area contributed by atoms with E-state index in [4.69, 9.17) is 0 Å². The molecule has 0 saturated carbocycles. The highest BCUT2D eigenvalue weighted by molar-refractivity contribution is 5.57. The first kappa shape index (κ1) is 16.6. The first-order valence-electron chi connectivity index (χ1n) is 7.85. The Hall–Kier alpha value is -2.21. The maximum Gasteiger partial charge on any atom is 0.416 e. The molecule has 3 rings (SSSR count). The standard InChI is InChI=1S/C18H19F3N2O/c19-18(20,21)15-5-3-4-14(12-15)13-22-8-10-23(11-9-22)16-6-1-2-7-17(16)24/h1-7,12,24H,8-11,13H2. The van der Waals surface area contributed by atoms with E-state index in [1.54, 1.807) is 18.2 Å². The molecule has 3 nitrogen and oxygen atoms in total. The number of anilines is 1. The first-order chi connectivity index (χ1) is 11.4. The number of piperazine rings is 1. The Labute approximate surface area is 138 Å². The van der Waals surface area contributed by atoms with Crippen LogP contribution in [0.3, 0.4) is 0 Å². The fourth-order valence-electron chi connectivity index (χ4n) is 2.98. The molecule has 1 aliphatic heterocycles. The van der Waals surface area contributed by atoms with Gasteiger partial charge < -0.3 is 10.0 Å². The van der Waals surface area contributed by atoms with Gasteiger partial charge in [0.2, 0.25) is 0 Å². The van der Waals surface area contributed by atoms with Gasteiger partial charge in [-0.2, -0.15) is 13.2 Å². The lowest BCUT2D eigenvalue weighted by atomic mass is 10.1. The minimum Gasteiger partial charge on any atom is -0.506 e. The number of aromatic hydroxyl groups is 1. The molecule has 1 fully saturated rings. The zero-order valence-corrected chi connectivity index (χ0v) is 13.1. The Morgan fingerprint density at radius 2 is 1.62 bits per heavy atom. The average Bonchev–Trinajstić information content (AvgIpc) is 2.56. The van der Waals surface area contributed by atoms with Crippen molar-refractivity contribution >= 4 is 5.69 Å². The summed E-state index contributed by atoms with van der Waals surface area (Å²) in [5.41, 5.74) is 0.866. The van der Waals surface area contributed by atoms with E-state index < -0.39 is 11.7 Å². The molecule has 0 aromatic heterocycles. The van der Waals surface area contributed by atoms with Gasteiger partial charge in [-0.05, 0) is 23.8 Å². The van der Waals surface area contributed by atoms with Crippen molar-refractivity contribution in [2.45, 2.75) is 12.7 Å². The van der Waals surface area contributed by atoms with Gasteiger partial charge in [-0.3, -0.25) is 4.90 Å². The van der Waals surface area contributed by atoms with E-state index in [-0.39, 0.29) is 5.75 Å². The van der Waals surface area contributed by atoms with Crippen molar-refractivity contribution < 1.29 is 18.3 Å². The van der Waals surface area contributed by atoms with Crippen LogP contribution >= 0.6 is 0 Å². The molecule has 0 unspecified atom stereocenters. The van der Waals surface area contributed by atoms with E-state index in [1.807, 2.05) is 12.1 Å². The van der Waals surface area contributed by atoms with Gasteiger partial charge in [0.1, 0.15) is 5.75 Å². The second kappa shape index (κ2) is 6.73. The SMILES string of the molecule is Oc1ccccc1N1CCN(Cc2cccc(C(F)(F)F)c2)CC1. The molecule has 0 radical (unpaired) electrons. The van der Waals surface area contributed by atoms with Crippen molar-refractivity contribution in [3.05, 3.63) is 59.7 Å². The molecule has 0 atom stereocenters. The van der Waals surface area contributed by atoms with Crippen LogP contribution in [0.15, 0.2) is 48.5 Å². The van der Waals surface area contributed by atoms with Crippen molar-refractivity contribution in [3.63, 3.8) is 0 Å². The molecule has 128 valence electrons. The number of nitrogens with zero attached hydrogens (tertiary/aromatic N) is 2. The molecule has 0 aliphatic carbocycles. The molecule has 1 aliphatic rings. The van der Waals surface area contributed by atoms with Crippen molar-refractivity contribution in [2.24, 2.45) is 0 Å². The van der Waals surface area contributed by atoms with Crippen LogP contribution in [-0.4, -0.2) is 36.2 Å². The summed E-state index contributed by atoms with van der Waals surface area (Å²) in [7, 11) is 0. The third kappa shape index (κ3) is 3.82. The van der Waals surface area contributed by atoms with Gasteiger partial charge in [-0.1, -0.05) is 30.3 Å². The minimum absolute atomic E-state index is 0.254. The second-order valence-corrected chi connectivity index (χ2v) is 5.95. The average molecular weight is 336 g/mol. The normalized spacial score (nSPS) is 16.4. The van der Waals surface area contributed by atoms with E-state index in [1.165, 1.54) is 12.1 Å². The molecule has 1 N–H and O–H groups in total. The lowest BCUT2D eigenvalue weighted by molar-refractivity contribution is -0.137. The highest BCUT2D eigenvalue weighted by Crippen LogP contribution is 2.30. The van der Waals surface area contributed by atoms with Crippen LogP contribution < -0.4 is 4.90 Å². The molecule has 24 heavy (non-hydrogen) atoms. The topological polar surface area (TPSA) is 26.7 Å². The van der Waals surface area contributed by atoms with Gasteiger partial charge in [0.05, 0.1) is 11.3 Å². The minimum atomic E-state index is -4.31. The van der Waals surface area contributed by atoms with E-state index in [0.717, 1.165) is 37.9 Å². The Bertz CT molecular complexity index is 695. The van der Waals surface area contributed by atoms with E-state index >= 15 is 0 Å². The lowest BCUT2D eigenvalue weighted by Crippen LogP contribution is -2.46. The monoisotopic (exact) mass is 336 g/mol. The molecule has 2 aromatic carbocycles.